The SMILES string of the molecule is CSC1CCC(NC(=O)C2C(C(=O)O)C2(C)C)CC1. The second-order valence-electron chi connectivity index (χ2n) is 6.33. The fourth-order valence-electron chi connectivity index (χ4n) is 3.32. The van der Waals surface area contributed by atoms with Crippen molar-refractivity contribution in [2.24, 2.45) is 17.3 Å². The Labute approximate surface area is 118 Å². The number of hydrogen-bond acceptors (Lipinski definition) is 3. The van der Waals surface area contributed by atoms with Crippen molar-refractivity contribution in [3.63, 3.8) is 0 Å². The highest BCUT2D eigenvalue weighted by Gasteiger charge is 2.65. The van der Waals surface area contributed by atoms with Crippen LogP contribution in [0, 0.1) is 17.3 Å². The molecular weight excluding hydrogens is 262 g/mol. The Morgan fingerprint density at radius 2 is 1.74 bits per heavy atom. The van der Waals surface area contributed by atoms with Crippen LogP contribution in [0.15, 0.2) is 0 Å². The molecule has 0 aliphatic heterocycles. The van der Waals surface area contributed by atoms with E-state index in [-0.39, 0.29) is 17.9 Å². The molecule has 0 aromatic carbocycles. The molecule has 0 radical (unpaired) electrons. The molecule has 2 atom stereocenters. The van der Waals surface area contributed by atoms with Crippen LogP contribution in [-0.2, 0) is 9.59 Å². The van der Waals surface area contributed by atoms with Crippen LogP contribution in [0.3, 0.4) is 0 Å². The summed E-state index contributed by atoms with van der Waals surface area (Å²) in [6.07, 6.45) is 6.45. The predicted octanol–water partition coefficient (Wildman–Crippen LogP) is 2.13. The molecule has 2 fully saturated rings. The number of nitrogens with one attached hydrogen (secondary N) is 1. The van der Waals surface area contributed by atoms with E-state index in [9.17, 15) is 9.59 Å². The third kappa shape index (κ3) is 2.91. The average Bonchev–Trinajstić information content (AvgIpc) is 2.93. The summed E-state index contributed by atoms with van der Waals surface area (Å²) in [4.78, 5) is 23.3. The fraction of sp³-hybridized carbons (Fsp3) is 0.857. The van der Waals surface area contributed by atoms with E-state index in [1.165, 1.54) is 0 Å². The molecule has 0 aromatic heterocycles. The number of rotatable bonds is 4. The molecule has 1 amide bonds. The third-order valence-corrected chi connectivity index (χ3v) is 5.87. The highest BCUT2D eigenvalue weighted by atomic mass is 32.2. The van der Waals surface area contributed by atoms with Crippen molar-refractivity contribution in [1.82, 2.24) is 5.32 Å². The van der Waals surface area contributed by atoms with Crippen molar-refractivity contribution in [2.75, 3.05) is 6.26 Å². The first-order chi connectivity index (χ1) is 8.87. The molecule has 5 heteroatoms. The summed E-state index contributed by atoms with van der Waals surface area (Å²) < 4.78 is 0. The first-order valence-electron chi connectivity index (χ1n) is 6.94. The van der Waals surface area contributed by atoms with Crippen molar-refractivity contribution in [1.29, 1.82) is 0 Å². The summed E-state index contributed by atoms with van der Waals surface area (Å²) in [5.41, 5.74) is -0.396. The highest BCUT2D eigenvalue weighted by molar-refractivity contribution is 7.99. The lowest BCUT2D eigenvalue weighted by Gasteiger charge is -2.28. The topological polar surface area (TPSA) is 66.4 Å². The van der Waals surface area contributed by atoms with Crippen LogP contribution in [-0.4, -0.2) is 34.5 Å². The number of amides is 1. The molecule has 108 valence electrons. The summed E-state index contributed by atoms with van der Waals surface area (Å²) in [5, 5.41) is 12.9. The molecule has 2 rings (SSSR count). The zero-order valence-electron chi connectivity index (χ0n) is 11.8. The Hall–Kier alpha value is -0.710. The molecule has 0 saturated heterocycles. The van der Waals surface area contributed by atoms with Crippen LogP contribution >= 0.6 is 11.8 Å². The van der Waals surface area contributed by atoms with Gasteiger partial charge in [0.2, 0.25) is 5.91 Å². The van der Waals surface area contributed by atoms with Crippen LogP contribution in [0.5, 0.6) is 0 Å². The van der Waals surface area contributed by atoms with E-state index in [0.717, 1.165) is 30.9 Å². The Balaban J connectivity index is 1.85. The van der Waals surface area contributed by atoms with Gasteiger partial charge in [-0.25, -0.2) is 0 Å². The number of carbonyl (C=O) groups is 2. The third-order valence-electron chi connectivity index (χ3n) is 4.73. The number of hydrogen-bond donors (Lipinski definition) is 2. The highest BCUT2D eigenvalue weighted by Crippen LogP contribution is 2.58. The predicted molar refractivity (Wildman–Crippen MR) is 76.1 cm³/mol. The molecule has 0 aromatic rings. The van der Waals surface area contributed by atoms with E-state index in [0.29, 0.717) is 0 Å². The second-order valence-corrected chi connectivity index (χ2v) is 7.47. The molecule has 0 spiro atoms. The zero-order valence-corrected chi connectivity index (χ0v) is 12.6. The lowest BCUT2D eigenvalue weighted by atomic mass is 9.94. The second kappa shape index (κ2) is 5.35. The van der Waals surface area contributed by atoms with Gasteiger partial charge in [0.25, 0.3) is 0 Å². The molecule has 2 N–H and O–H groups in total. The van der Waals surface area contributed by atoms with Gasteiger partial charge in [0.05, 0.1) is 11.8 Å². The van der Waals surface area contributed by atoms with Gasteiger partial charge in [-0.05, 0) is 37.4 Å². The molecule has 4 nitrogen and oxygen atoms in total. The lowest BCUT2D eigenvalue weighted by Crippen LogP contribution is -2.39. The molecule has 2 saturated carbocycles. The summed E-state index contributed by atoms with van der Waals surface area (Å²) in [6.45, 7) is 3.72. The molecular formula is C14H23NO3S. The average molecular weight is 285 g/mol. The minimum absolute atomic E-state index is 0.0648. The monoisotopic (exact) mass is 285 g/mol. The number of aliphatic carboxylic acids is 1. The summed E-state index contributed by atoms with van der Waals surface area (Å²) >= 11 is 1.90. The minimum atomic E-state index is -0.851. The summed E-state index contributed by atoms with van der Waals surface area (Å²) in [7, 11) is 0. The molecule has 19 heavy (non-hydrogen) atoms. The van der Waals surface area contributed by atoms with Gasteiger partial charge >= 0.3 is 5.97 Å². The zero-order chi connectivity index (χ0) is 14.2. The maximum absolute atomic E-state index is 12.2. The fourth-order valence-corrected chi connectivity index (χ4v) is 4.07. The van der Waals surface area contributed by atoms with Crippen LogP contribution < -0.4 is 5.32 Å². The number of carboxylic acid groups (broad SMARTS) is 1. The van der Waals surface area contributed by atoms with E-state index >= 15 is 0 Å². The van der Waals surface area contributed by atoms with Crippen molar-refractivity contribution in [3.05, 3.63) is 0 Å². The van der Waals surface area contributed by atoms with E-state index < -0.39 is 17.3 Å². The van der Waals surface area contributed by atoms with Gasteiger partial charge in [0, 0.05) is 11.3 Å². The Kier molecular flexibility index (Phi) is 4.14. The molecule has 2 unspecified atom stereocenters. The van der Waals surface area contributed by atoms with Crippen LogP contribution in [0.1, 0.15) is 39.5 Å². The van der Waals surface area contributed by atoms with E-state index in [1.807, 2.05) is 25.6 Å². The van der Waals surface area contributed by atoms with Gasteiger partial charge in [-0.1, -0.05) is 13.8 Å². The molecule has 0 bridgehead atoms. The first kappa shape index (κ1) is 14.7. The van der Waals surface area contributed by atoms with E-state index in [4.69, 9.17) is 5.11 Å². The van der Waals surface area contributed by atoms with Gasteiger partial charge in [-0.2, -0.15) is 11.8 Å². The number of carbonyl (C=O) groups excluding carboxylic acids is 1. The molecule has 2 aliphatic rings. The van der Waals surface area contributed by atoms with Crippen molar-refractivity contribution in [2.45, 2.75) is 50.8 Å². The number of thioether (sulfide) groups is 1. The lowest BCUT2D eigenvalue weighted by molar-refractivity contribution is -0.140. The smallest absolute Gasteiger partial charge is 0.307 e. The maximum atomic E-state index is 12.2. The quantitative estimate of drug-likeness (QED) is 0.830. The summed E-state index contributed by atoms with van der Waals surface area (Å²) in [6, 6.07) is 0.238. The first-order valence-corrected chi connectivity index (χ1v) is 8.22. The Bertz CT molecular complexity index is 375. The van der Waals surface area contributed by atoms with Gasteiger partial charge in [0.15, 0.2) is 0 Å². The standard InChI is InChI=1S/C14H23NO3S/c1-14(2)10(11(14)13(17)18)12(16)15-8-4-6-9(19-3)7-5-8/h8-11H,4-7H2,1-3H3,(H,15,16)(H,17,18). The Morgan fingerprint density at radius 3 is 2.16 bits per heavy atom. The van der Waals surface area contributed by atoms with E-state index in [1.54, 1.807) is 0 Å². The van der Waals surface area contributed by atoms with Gasteiger partial charge < -0.3 is 10.4 Å². The number of carboxylic acids is 1. The largest absolute Gasteiger partial charge is 0.481 e. The molecule has 0 heterocycles. The van der Waals surface area contributed by atoms with Gasteiger partial charge in [0.1, 0.15) is 0 Å². The van der Waals surface area contributed by atoms with Crippen LogP contribution in [0.25, 0.3) is 0 Å². The normalized spacial score (nSPS) is 36.6. The van der Waals surface area contributed by atoms with Crippen molar-refractivity contribution in [3.8, 4) is 0 Å². The van der Waals surface area contributed by atoms with E-state index in [2.05, 4.69) is 11.6 Å². The minimum Gasteiger partial charge on any atom is -0.481 e. The van der Waals surface area contributed by atoms with Crippen LogP contribution in [0.2, 0.25) is 0 Å². The van der Waals surface area contributed by atoms with Crippen molar-refractivity contribution < 1.29 is 14.7 Å². The van der Waals surface area contributed by atoms with Crippen molar-refractivity contribution >= 4 is 23.6 Å². The van der Waals surface area contributed by atoms with Gasteiger partial charge in [-0.3, -0.25) is 9.59 Å². The van der Waals surface area contributed by atoms with Gasteiger partial charge in [-0.15, -0.1) is 0 Å². The van der Waals surface area contributed by atoms with Crippen LogP contribution in [0.4, 0.5) is 0 Å². The summed E-state index contributed by atoms with van der Waals surface area (Å²) in [5.74, 6) is -1.79. The molecule has 2 aliphatic carbocycles. The maximum Gasteiger partial charge on any atom is 0.307 e. The Morgan fingerprint density at radius 1 is 1.16 bits per heavy atom.